The van der Waals surface area contributed by atoms with Gasteiger partial charge >= 0.3 is 0 Å². The molecular formula is C24H28N3O3+. The number of rotatable bonds is 6. The lowest BCUT2D eigenvalue weighted by atomic mass is 10.0. The van der Waals surface area contributed by atoms with E-state index in [9.17, 15) is 0 Å². The zero-order valence-corrected chi connectivity index (χ0v) is 17.7. The summed E-state index contributed by atoms with van der Waals surface area (Å²) in [6.45, 7) is 4.50. The average molecular weight is 407 g/mol. The highest BCUT2D eigenvalue weighted by Crippen LogP contribution is 2.41. The van der Waals surface area contributed by atoms with Crippen LogP contribution in [0, 0.1) is 0 Å². The first-order valence-corrected chi connectivity index (χ1v) is 10.2. The number of benzene rings is 2. The Kier molecular flexibility index (Phi) is 6.05. The second-order valence-corrected chi connectivity index (χ2v) is 7.28. The molecule has 0 aliphatic carbocycles. The molecule has 156 valence electrons. The van der Waals surface area contributed by atoms with Crippen LogP contribution < -0.4 is 24.4 Å². The van der Waals surface area contributed by atoms with Crippen LogP contribution in [-0.4, -0.2) is 52.5 Å². The molecule has 6 nitrogen and oxygen atoms in total. The van der Waals surface area contributed by atoms with Crippen LogP contribution in [0.3, 0.4) is 0 Å². The highest BCUT2D eigenvalue weighted by molar-refractivity contribution is 5.75. The Balaban J connectivity index is 1.64. The standard InChI is InChI=1S/C24H27N3O3/c1-28-22-13-18(14-23(29-2)24(22)30-3)20-12-19(15-26-16-20)17-4-6-21(7-5-17)27-10-8-25-9-11-27/h4-7,12-16,25H,8-11H2,1-3H3/p+1. The third kappa shape index (κ3) is 4.04. The third-order valence-corrected chi connectivity index (χ3v) is 5.51. The molecule has 30 heavy (non-hydrogen) atoms. The normalized spacial score (nSPS) is 13.8. The van der Waals surface area contributed by atoms with E-state index in [1.807, 2.05) is 24.5 Å². The Morgan fingerprint density at radius 1 is 0.733 bits per heavy atom. The van der Waals surface area contributed by atoms with Gasteiger partial charge in [0.15, 0.2) is 11.5 Å². The molecule has 3 aromatic rings. The highest BCUT2D eigenvalue weighted by atomic mass is 16.5. The topological polar surface area (TPSA) is 60.4 Å². The molecule has 0 radical (unpaired) electrons. The maximum absolute atomic E-state index is 5.49. The third-order valence-electron chi connectivity index (χ3n) is 5.51. The fraction of sp³-hybridized carbons (Fsp3) is 0.292. The summed E-state index contributed by atoms with van der Waals surface area (Å²) in [6, 6.07) is 14.8. The summed E-state index contributed by atoms with van der Waals surface area (Å²) in [4.78, 5) is 6.91. The number of nitrogens with zero attached hydrogens (tertiary/aromatic N) is 2. The number of ether oxygens (including phenoxy) is 3. The first kappa shape index (κ1) is 20.0. The second kappa shape index (κ2) is 9.05. The first-order valence-electron chi connectivity index (χ1n) is 10.2. The molecule has 1 saturated heterocycles. The minimum atomic E-state index is 0.582. The number of quaternary nitrogens is 1. The quantitative estimate of drug-likeness (QED) is 0.682. The summed E-state index contributed by atoms with van der Waals surface area (Å²) >= 11 is 0. The van der Waals surface area contributed by atoms with Crippen molar-refractivity contribution >= 4 is 5.69 Å². The SMILES string of the molecule is COc1cc(-c2cncc(-c3ccc(N4CC[NH2+]CC4)cc3)c2)cc(OC)c1OC. The number of pyridine rings is 1. The van der Waals surface area contributed by atoms with Crippen LogP contribution in [0.4, 0.5) is 5.69 Å². The van der Waals surface area contributed by atoms with E-state index in [4.69, 9.17) is 14.2 Å². The van der Waals surface area contributed by atoms with E-state index < -0.39 is 0 Å². The lowest BCUT2D eigenvalue weighted by molar-refractivity contribution is -0.655. The van der Waals surface area contributed by atoms with Gasteiger partial charge in [0.05, 0.1) is 47.5 Å². The maximum atomic E-state index is 5.49. The Hall–Kier alpha value is -3.25. The summed E-state index contributed by atoms with van der Waals surface area (Å²) in [5.41, 5.74) is 5.44. The van der Waals surface area contributed by atoms with Crippen molar-refractivity contribution in [2.75, 3.05) is 52.4 Å². The van der Waals surface area contributed by atoms with Crippen LogP contribution in [0.25, 0.3) is 22.3 Å². The number of methoxy groups -OCH3 is 3. The molecule has 1 aliphatic rings. The predicted octanol–water partition coefficient (Wildman–Crippen LogP) is 2.82. The number of piperazine rings is 1. The average Bonchev–Trinajstić information content (AvgIpc) is 2.83. The zero-order chi connectivity index (χ0) is 20.9. The summed E-state index contributed by atoms with van der Waals surface area (Å²) in [6.07, 6.45) is 3.75. The molecule has 4 rings (SSSR count). The predicted molar refractivity (Wildman–Crippen MR) is 119 cm³/mol. The van der Waals surface area contributed by atoms with E-state index in [1.165, 1.54) is 5.69 Å². The molecule has 1 aliphatic heterocycles. The number of hydrogen-bond donors (Lipinski definition) is 1. The summed E-state index contributed by atoms with van der Waals surface area (Å²) < 4.78 is 16.4. The van der Waals surface area contributed by atoms with E-state index in [-0.39, 0.29) is 0 Å². The van der Waals surface area contributed by atoms with Gasteiger partial charge in [-0.05, 0) is 41.5 Å². The van der Waals surface area contributed by atoms with Crippen molar-refractivity contribution in [3.05, 3.63) is 54.9 Å². The second-order valence-electron chi connectivity index (χ2n) is 7.28. The smallest absolute Gasteiger partial charge is 0.203 e. The lowest BCUT2D eigenvalue weighted by Gasteiger charge is -2.27. The van der Waals surface area contributed by atoms with Crippen LogP contribution in [0.1, 0.15) is 0 Å². The molecular weight excluding hydrogens is 378 g/mol. The van der Waals surface area contributed by atoms with Gasteiger partial charge in [-0.3, -0.25) is 4.98 Å². The molecule has 0 unspecified atom stereocenters. The minimum absolute atomic E-state index is 0.582. The molecule has 2 heterocycles. The number of aromatic nitrogens is 1. The minimum Gasteiger partial charge on any atom is -0.493 e. The molecule has 0 spiro atoms. The number of anilines is 1. The van der Waals surface area contributed by atoms with Crippen LogP contribution in [0.5, 0.6) is 17.2 Å². The summed E-state index contributed by atoms with van der Waals surface area (Å²) in [5, 5.41) is 2.37. The lowest BCUT2D eigenvalue weighted by Crippen LogP contribution is -2.89. The Morgan fingerprint density at radius 3 is 1.90 bits per heavy atom. The van der Waals surface area contributed by atoms with Gasteiger partial charge in [-0.25, -0.2) is 0 Å². The van der Waals surface area contributed by atoms with Gasteiger partial charge in [0, 0.05) is 29.2 Å². The van der Waals surface area contributed by atoms with Gasteiger partial charge in [0.25, 0.3) is 0 Å². The Labute approximate surface area is 177 Å². The van der Waals surface area contributed by atoms with Gasteiger partial charge in [-0.15, -0.1) is 0 Å². The molecule has 0 bridgehead atoms. The van der Waals surface area contributed by atoms with Gasteiger partial charge in [-0.1, -0.05) is 12.1 Å². The van der Waals surface area contributed by atoms with Gasteiger partial charge in [0.1, 0.15) is 0 Å². The van der Waals surface area contributed by atoms with Gasteiger partial charge in [-0.2, -0.15) is 0 Å². The van der Waals surface area contributed by atoms with E-state index in [1.54, 1.807) is 21.3 Å². The monoisotopic (exact) mass is 406 g/mol. The Morgan fingerprint density at radius 2 is 1.33 bits per heavy atom. The van der Waals surface area contributed by atoms with Crippen molar-refractivity contribution in [3.63, 3.8) is 0 Å². The van der Waals surface area contributed by atoms with E-state index in [0.29, 0.717) is 17.2 Å². The van der Waals surface area contributed by atoms with E-state index in [2.05, 4.69) is 45.5 Å². The van der Waals surface area contributed by atoms with E-state index >= 15 is 0 Å². The molecule has 2 aromatic carbocycles. The Bertz CT molecular complexity index is 974. The van der Waals surface area contributed by atoms with Crippen molar-refractivity contribution in [1.82, 2.24) is 4.98 Å². The fourth-order valence-electron chi connectivity index (χ4n) is 3.88. The maximum Gasteiger partial charge on any atom is 0.203 e. The zero-order valence-electron chi connectivity index (χ0n) is 17.7. The van der Waals surface area contributed by atoms with Crippen LogP contribution in [0.2, 0.25) is 0 Å². The molecule has 1 fully saturated rings. The van der Waals surface area contributed by atoms with Crippen molar-refractivity contribution in [2.45, 2.75) is 0 Å². The molecule has 1 aromatic heterocycles. The number of nitrogens with two attached hydrogens (primary N) is 1. The van der Waals surface area contributed by atoms with Gasteiger partial charge in [0.2, 0.25) is 5.75 Å². The molecule has 2 N–H and O–H groups in total. The van der Waals surface area contributed by atoms with Crippen LogP contribution in [0.15, 0.2) is 54.9 Å². The fourth-order valence-corrected chi connectivity index (χ4v) is 3.88. The molecule has 6 heteroatoms. The van der Waals surface area contributed by atoms with Gasteiger partial charge < -0.3 is 24.4 Å². The molecule has 0 amide bonds. The van der Waals surface area contributed by atoms with Crippen molar-refractivity contribution in [3.8, 4) is 39.5 Å². The van der Waals surface area contributed by atoms with E-state index in [0.717, 1.165) is 48.4 Å². The van der Waals surface area contributed by atoms with Crippen molar-refractivity contribution < 1.29 is 19.5 Å². The number of hydrogen-bond acceptors (Lipinski definition) is 5. The largest absolute Gasteiger partial charge is 0.493 e. The van der Waals surface area contributed by atoms with Crippen molar-refractivity contribution in [1.29, 1.82) is 0 Å². The molecule has 0 saturated carbocycles. The van der Waals surface area contributed by atoms with Crippen LogP contribution >= 0.6 is 0 Å². The highest BCUT2D eigenvalue weighted by Gasteiger charge is 2.15. The van der Waals surface area contributed by atoms with Crippen LogP contribution in [-0.2, 0) is 0 Å². The first-order chi connectivity index (χ1) is 14.7. The van der Waals surface area contributed by atoms with Crippen molar-refractivity contribution in [2.24, 2.45) is 0 Å². The molecule has 0 atom stereocenters. The summed E-state index contributed by atoms with van der Waals surface area (Å²) in [5.74, 6) is 1.83. The summed E-state index contributed by atoms with van der Waals surface area (Å²) in [7, 11) is 4.85.